The number of fused-ring (bicyclic) bond motifs is 1. The van der Waals surface area contributed by atoms with Gasteiger partial charge in [-0.1, -0.05) is 42.5 Å². The number of rotatable bonds is 2. The van der Waals surface area contributed by atoms with Crippen LogP contribution in [0.15, 0.2) is 54.6 Å². The third kappa shape index (κ3) is 1.95. The summed E-state index contributed by atoms with van der Waals surface area (Å²) in [6, 6.07) is 17.3. The Morgan fingerprint density at radius 3 is 2.56 bits per heavy atom. The lowest BCUT2D eigenvalue weighted by molar-refractivity contribution is 0.0499. The smallest absolute Gasteiger partial charge is 0.260 e. The van der Waals surface area contributed by atoms with E-state index in [1.807, 2.05) is 48.5 Å². The normalized spacial score (nSPS) is 14.0. The van der Waals surface area contributed by atoms with Crippen molar-refractivity contribution in [3.63, 3.8) is 0 Å². The highest BCUT2D eigenvalue weighted by Crippen LogP contribution is 2.25. The molecule has 0 spiro atoms. The molecule has 0 unspecified atom stereocenters. The quantitative estimate of drug-likeness (QED) is 0.806. The number of hydrogen-bond acceptors (Lipinski definition) is 2. The van der Waals surface area contributed by atoms with Gasteiger partial charge < -0.3 is 9.64 Å². The molecule has 0 fully saturated rings. The summed E-state index contributed by atoms with van der Waals surface area (Å²) in [5, 5.41) is 0. The first-order valence-electron chi connectivity index (χ1n) is 5.89. The molecule has 1 aliphatic heterocycles. The van der Waals surface area contributed by atoms with Gasteiger partial charge in [0.2, 0.25) is 0 Å². The fourth-order valence-corrected chi connectivity index (χ4v) is 2.07. The number of hydrogen-bond donors (Lipinski definition) is 0. The zero-order valence-electron chi connectivity index (χ0n) is 9.87. The van der Waals surface area contributed by atoms with E-state index >= 15 is 0 Å². The number of amides is 1. The van der Waals surface area contributed by atoms with Gasteiger partial charge in [-0.05, 0) is 17.7 Å². The van der Waals surface area contributed by atoms with Crippen LogP contribution >= 0.6 is 0 Å². The molecule has 3 nitrogen and oxygen atoms in total. The Kier molecular flexibility index (Phi) is 2.73. The van der Waals surface area contributed by atoms with E-state index in [2.05, 4.69) is 0 Å². The van der Waals surface area contributed by atoms with Gasteiger partial charge in [-0.25, -0.2) is 0 Å². The van der Waals surface area contributed by atoms with E-state index in [0.29, 0.717) is 24.6 Å². The summed E-state index contributed by atoms with van der Waals surface area (Å²) in [5.74, 6) is 0.701. The minimum absolute atomic E-state index is 0.0284. The van der Waals surface area contributed by atoms with E-state index in [9.17, 15) is 4.79 Å². The highest BCUT2D eigenvalue weighted by Gasteiger charge is 2.24. The molecule has 2 aromatic rings. The molecule has 0 N–H and O–H groups in total. The Labute approximate surface area is 106 Å². The average Bonchev–Trinajstić information content (AvgIpc) is 2.43. The molecule has 1 heterocycles. The van der Waals surface area contributed by atoms with Gasteiger partial charge in [-0.15, -0.1) is 0 Å². The fourth-order valence-electron chi connectivity index (χ4n) is 2.07. The van der Waals surface area contributed by atoms with Crippen LogP contribution in [0.5, 0.6) is 5.75 Å². The van der Waals surface area contributed by atoms with Crippen molar-refractivity contribution in [2.24, 2.45) is 0 Å². The summed E-state index contributed by atoms with van der Waals surface area (Å²) < 4.78 is 5.58. The lowest BCUT2D eigenvalue weighted by atomic mass is 10.1. The van der Waals surface area contributed by atoms with Crippen LogP contribution in [0.1, 0.15) is 15.9 Å². The van der Waals surface area contributed by atoms with Crippen molar-refractivity contribution in [2.45, 2.75) is 6.54 Å². The van der Waals surface area contributed by atoms with Crippen LogP contribution in [-0.2, 0) is 6.54 Å². The molecular weight excluding hydrogens is 226 g/mol. The molecule has 90 valence electrons. The van der Waals surface area contributed by atoms with Gasteiger partial charge in [0.15, 0.2) is 6.73 Å². The van der Waals surface area contributed by atoms with Crippen LogP contribution in [-0.4, -0.2) is 17.5 Å². The van der Waals surface area contributed by atoms with Gasteiger partial charge in [0.25, 0.3) is 5.91 Å². The predicted molar refractivity (Wildman–Crippen MR) is 68.3 cm³/mol. The van der Waals surface area contributed by atoms with Crippen molar-refractivity contribution in [1.29, 1.82) is 0 Å². The Balaban J connectivity index is 1.83. The van der Waals surface area contributed by atoms with Crippen LogP contribution in [0.25, 0.3) is 0 Å². The zero-order chi connectivity index (χ0) is 12.4. The third-order valence-corrected chi connectivity index (χ3v) is 3.00. The molecule has 0 radical (unpaired) electrons. The first kappa shape index (κ1) is 10.8. The SMILES string of the molecule is O=C1c2ccccc2OCN1Cc1ccccc1. The molecule has 18 heavy (non-hydrogen) atoms. The first-order chi connectivity index (χ1) is 8.84. The maximum Gasteiger partial charge on any atom is 0.260 e. The molecular formula is C15H13NO2. The number of carbonyl (C=O) groups is 1. The van der Waals surface area contributed by atoms with E-state index in [1.165, 1.54) is 0 Å². The molecule has 0 saturated carbocycles. The lowest BCUT2D eigenvalue weighted by Gasteiger charge is -2.28. The van der Waals surface area contributed by atoms with Crippen molar-refractivity contribution in [3.05, 3.63) is 65.7 Å². The first-order valence-corrected chi connectivity index (χ1v) is 5.89. The van der Waals surface area contributed by atoms with Gasteiger partial charge in [0, 0.05) is 6.54 Å². The third-order valence-electron chi connectivity index (χ3n) is 3.00. The van der Waals surface area contributed by atoms with Crippen LogP contribution < -0.4 is 4.74 Å². The highest BCUT2D eigenvalue weighted by atomic mass is 16.5. The molecule has 3 heteroatoms. The average molecular weight is 239 g/mol. The van der Waals surface area contributed by atoms with Gasteiger partial charge >= 0.3 is 0 Å². The fraction of sp³-hybridized carbons (Fsp3) is 0.133. The summed E-state index contributed by atoms with van der Waals surface area (Å²) in [6.07, 6.45) is 0. The lowest BCUT2D eigenvalue weighted by Crippen LogP contribution is -2.37. The number of benzene rings is 2. The number of nitrogens with zero attached hydrogens (tertiary/aromatic N) is 1. The summed E-state index contributed by atoms with van der Waals surface area (Å²) in [6.45, 7) is 0.888. The Bertz CT molecular complexity index is 566. The Morgan fingerprint density at radius 1 is 1.00 bits per heavy atom. The molecule has 0 aromatic heterocycles. The minimum Gasteiger partial charge on any atom is -0.472 e. The van der Waals surface area contributed by atoms with Crippen LogP contribution in [0, 0.1) is 0 Å². The van der Waals surface area contributed by atoms with E-state index in [1.54, 1.807) is 11.0 Å². The standard InChI is InChI=1S/C15H13NO2/c17-15-13-8-4-5-9-14(13)18-11-16(15)10-12-6-2-1-3-7-12/h1-9H,10-11H2. The predicted octanol–water partition coefficient (Wildman–Crippen LogP) is 2.68. The van der Waals surface area contributed by atoms with Gasteiger partial charge in [0.1, 0.15) is 5.75 Å². The number of para-hydroxylation sites is 1. The van der Waals surface area contributed by atoms with Crippen molar-refractivity contribution >= 4 is 5.91 Å². The number of ether oxygens (including phenoxy) is 1. The monoisotopic (exact) mass is 239 g/mol. The van der Waals surface area contributed by atoms with Crippen LogP contribution in [0.4, 0.5) is 0 Å². The second-order valence-corrected chi connectivity index (χ2v) is 4.26. The van der Waals surface area contributed by atoms with Gasteiger partial charge in [-0.3, -0.25) is 4.79 Å². The second-order valence-electron chi connectivity index (χ2n) is 4.26. The van der Waals surface area contributed by atoms with Crippen molar-refractivity contribution in [2.75, 3.05) is 6.73 Å². The summed E-state index contributed by atoms with van der Waals surface area (Å²) in [4.78, 5) is 14.0. The van der Waals surface area contributed by atoms with E-state index in [-0.39, 0.29) is 5.91 Å². The van der Waals surface area contributed by atoms with Crippen LogP contribution in [0.2, 0.25) is 0 Å². The Morgan fingerprint density at radius 2 is 1.72 bits per heavy atom. The molecule has 1 amide bonds. The number of carbonyl (C=O) groups excluding carboxylic acids is 1. The largest absolute Gasteiger partial charge is 0.472 e. The molecule has 1 aliphatic rings. The van der Waals surface area contributed by atoms with E-state index in [4.69, 9.17) is 4.74 Å². The Hall–Kier alpha value is -2.29. The molecule has 0 bridgehead atoms. The maximum atomic E-state index is 12.3. The van der Waals surface area contributed by atoms with E-state index in [0.717, 1.165) is 5.56 Å². The topological polar surface area (TPSA) is 29.5 Å². The minimum atomic E-state index is 0.0284. The van der Waals surface area contributed by atoms with Gasteiger partial charge in [0.05, 0.1) is 5.56 Å². The van der Waals surface area contributed by atoms with Crippen molar-refractivity contribution in [1.82, 2.24) is 4.90 Å². The molecule has 2 aromatic carbocycles. The van der Waals surface area contributed by atoms with E-state index < -0.39 is 0 Å². The maximum absolute atomic E-state index is 12.3. The molecule has 0 saturated heterocycles. The zero-order valence-corrected chi connectivity index (χ0v) is 9.87. The van der Waals surface area contributed by atoms with Crippen LogP contribution in [0.3, 0.4) is 0 Å². The van der Waals surface area contributed by atoms with Crippen molar-refractivity contribution < 1.29 is 9.53 Å². The molecule has 3 rings (SSSR count). The molecule has 0 aliphatic carbocycles. The highest BCUT2D eigenvalue weighted by molar-refractivity contribution is 5.97. The van der Waals surface area contributed by atoms with Crippen molar-refractivity contribution in [3.8, 4) is 5.75 Å². The summed E-state index contributed by atoms with van der Waals surface area (Å²) >= 11 is 0. The van der Waals surface area contributed by atoms with Gasteiger partial charge in [-0.2, -0.15) is 0 Å². The molecule has 0 atom stereocenters. The summed E-state index contributed by atoms with van der Waals surface area (Å²) in [5.41, 5.74) is 1.74. The second kappa shape index (κ2) is 4.53. The summed E-state index contributed by atoms with van der Waals surface area (Å²) in [7, 11) is 0.